The molecule has 29 heavy (non-hydrogen) atoms. The molecule has 2 fully saturated rings. The molecule has 0 unspecified atom stereocenters. The Labute approximate surface area is 179 Å². The van der Waals surface area contributed by atoms with Gasteiger partial charge in [0.15, 0.2) is 0 Å². The average Bonchev–Trinajstić information content (AvgIpc) is 3.40. The molecular weight excluding hydrogens is 358 g/mol. The summed E-state index contributed by atoms with van der Waals surface area (Å²) in [6.45, 7) is 8.06. The second-order valence-electron chi connectivity index (χ2n) is 9.91. The maximum atomic E-state index is 10.6. The summed E-state index contributed by atoms with van der Waals surface area (Å²) in [6, 6.07) is 0. The van der Waals surface area contributed by atoms with Crippen LogP contribution in [0.2, 0.25) is 0 Å². The van der Waals surface area contributed by atoms with Crippen molar-refractivity contribution < 1.29 is 10.2 Å². The van der Waals surface area contributed by atoms with Gasteiger partial charge in [0.05, 0.1) is 12.2 Å². The number of unbranched alkanes of at least 4 members (excludes halogenated alkanes) is 2. The van der Waals surface area contributed by atoms with Crippen LogP contribution in [-0.4, -0.2) is 47.0 Å². The molecule has 2 N–H and O–H groups in total. The topological polar surface area (TPSA) is 43.7 Å². The van der Waals surface area contributed by atoms with Crippen LogP contribution in [0.5, 0.6) is 0 Å². The van der Waals surface area contributed by atoms with Crippen molar-refractivity contribution in [2.75, 3.05) is 19.6 Å². The average molecular weight is 404 g/mol. The Bertz CT molecular complexity index is 533. The van der Waals surface area contributed by atoms with E-state index in [4.69, 9.17) is 0 Å². The largest absolute Gasteiger partial charge is 0.392 e. The van der Waals surface area contributed by atoms with Gasteiger partial charge < -0.3 is 15.1 Å². The fourth-order valence-electron chi connectivity index (χ4n) is 6.12. The van der Waals surface area contributed by atoms with E-state index in [9.17, 15) is 10.2 Å². The van der Waals surface area contributed by atoms with E-state index < -0.39 is 0 Å². The molecule has 3 nitrogen and oxygen atoms in total. The third kappa shape index (κ3) is 6.67. The maximum absolute atomic E-state index is 10.6. The van der Waals surface area contributed by atoms with Gasteiger partial charge >= 0.3 is 0 Å². The van der Waals surface area contributed by atoms with E-state index in [-0.39, 0.29) is 18.1 Å². The van der Waals surface area contributed by atoms with Gasteiger partial charge in [-0.3, -0.25) is 0 Å². The molecule has 3 aliphatic carbocycles. The van der Waals surface area contributed by atoms with Crippen molar-refractivity contribution in [3.8, 4) is 0 Å². The molecule has 3 aliphatic rings. The first-order chi connectivity index (χ1) is 14.1. The van der Waals surface area contributed by atoms with Crippen molar-refractivity contribution in [1.82, 2.24) is 4.90 Å². The van der Waals surface area contributed by atoms with E-state index >= 15 is 0 Å². The molecule has 0 heterocycles. The zero-order valence-electron chi connectivity index (χ0n) is 18.9. The highest BCUT2D eigenvalue weighted by Gasteiger charge is 2.43. The second kappa shape index (κ2) is 11.7. The SMILES string of the molecule is CCN(CC)CCCCCC1=C[C@H]2C[C@@H](O)[C@H](C=C[C@@H](O)CC3CCCC3)[C@H]2C1. The van der Waals surface area contributed by atoms with E-state index in [0.29, 0.717) is 17.8 Å². The number of rotatable bonds is 12. The lowest BCUT2D eigenvalue weighted by molar-refractivity contribution is 0.139. The molecule has 0 aliphatic heterocycles. The molecular formula is C26H45NO2. The minimum atomic E-state index is -0.330. The van der Waals surface area contributed by atoms with E-state index in [0.717, 1.165) is 32.4 Å². The molecule has 0 aromatic carbocycles. The van der Waals surface area contributed by atoms with Crippen molar-refractivity contribution in [3.63, 3.8) is 0 Å². The van der Waals surface area contributed by atoms with Gasteiger partial charge in [-0.1, -0.05) is 69.8 Å². The summed E-state index contributed by atoms with van der Waals surface area (Å²) in [5, 5.41) is 21.0. The maximum Gasteiger partial charge on any atom is 0.0723 e. The van der Waals surface area contributed by atoms with Gasteiger partial charge in [-0.15, -0.1) is 0 Å². The minimum absolute atomic E-state index is 0.230. The van der Waals surface area contributed by atoms with Gasteiger partial charge in [-0.05, 0) is 75.9 Å². The molecule has 0 saturated heterocycles. The lowest BCUT2D eigenvalue weighted by Crippen LogP contribution is -2.23. The lowest BCUT2D eigenvalue weighted by atomic mass is 9.88. The standard InChI is InChI=1S/C26H45NO2/c1-3-27(4-2)15-9-5-6-12-21-16-22-19-26(29)24(25(22)18-21)14-13-23(28)17-20-10-7-8-11-20/h13-14,16,20,22-26,28-29H,3-12,15,17-19H2,1-2H3/t22-,23+,24+,25-,26+/m0/s1. The highest BCUT2D eigenvalue weighted by Crippen LogP contribution is 2.48. The van der Waals surface area contributed by atoms with Gasteiger partial charge in [-0.25, -0.2) is 0 Å². The zero-order chi connectivity index (χ0) is 20.6. The van der Waals surface area contributed by atoms with Crippen LogP contribution < -0.4 is 0 Å². The highest BCUT2D eigenvalue weighted by molar-refractivity contribution is 5.21. The highest BCUT2D eigenvalue weighted by atomic mass is 16.3. The normalized spacial score (nSPS) is 31.1. The summed E-state index contributed by atoms with van der Waals surface area (Å²) < 4.78 is 0. The third-order valence-electron chi connectivity index (χ3n) is 7.92. The quantitative estimate of drug-likeness (QED) is 0.342. The molecule has 0 bridgehead atoms. The van der Waals surface area contributed by atoms with Crippen molar-refractivity contribution in [2.45, 2.75) is 96.7 Å². The van der Waals surface area contributed by atoms with Crippen LogP contribution in [0.1, 0.15) is 84.5 Å². The number of nitrogens with zero attached hydrogens (tertiary/aromatic N) is 1. The Morgan fingerprint density at radius 2 is 1.90 bits per heavy atom. The van der Waals surface area contributed by atoms with Gasteiger partial charge in [0.2, 0.25) is 0 Å². The second-order valence-corrected chi connectivity index (χ2v) is 9.91. The summed E-state index contributed by atoms with van der Waals surface area (Å²) in [4.78, 5) is 2.51. The van der Waals surface area contributed by atoms with Crippen molar-refractivity contribution in [3.05, 3.63) is 23.8 Å². The molecule has 2 saturated carbocycles. The molecule has 0 radical (unpaired) electrons. The first-order valence-electron chi connectivity index (χ1n) is 12.6. The molecule has 0 amide bonds. The molecule has 0 aromatic heterocycles. The van der Waals surface area contributed by atoms with Crippen LogP contribution in [0.25, 0.3) is 0 Å². The number of allylic oxidation sites excluding steroid dienone is 2. The Balaban J connectivity index is 1.39. The Hall–Kier alpha value is -0.640. The molecule has 3 rings (SSSR count). The monoisotopic (exact) mass is 403 g/mol. The molecule has 0 aromatic rings. The van der Waals surface area contributed by atoms with Gasteiger partial charge in [0.25, 0.3) is 0 Å². The van der Waals surface area contributed by atoms with Crippen molar-refractivity contribution in [2.24, 2.45) is 23.7 Å². The fraction of sp³-hybridized carbons (Fsp3) is 0.846. The predicted molar refractivity (Wildman–Crippen MR) is 122 cm³/mol. The molecule has 166 valence electrons. The van der Waals surface area contributed by atoms with Crippen LogP contribution in [0.4, 0.5) is 0 Å². The number of hydrogen-bond donors (Lipinski definition) is 2. The smallest absolute Gasteiger partial charge is 0.0723 e. The summed E-state index contributed by atoms with van der Waals surface area (Å²) in [7, 11) is 0. The van der Waals surface area contributed by atoms with Crippen molar-refractivity contribution in [1.29, 1.82) is 0 Å². The Kier molecular flexibility index (Phi) is 9.27. The number of aliphatic hydroxyl groups excluding tert-OH is 2. The van der Waals surface area contributed by atoms with E-state index in [2.05, 4.69) is 30.9 Å². The van der Waals surface area contributed by atoms with Crippen molar-refractivity contribution >= 4 is 0 Å². The summed E-state index contributed by atoms with van der Waals surface area (Å²) >= 11 is 0. The summed E-state index contributed by atoms with van der Waals surface area (Å²) in [6.07, 6.45) is 19.5. The first-order valence-corrected chi connectivity index (χ1v) is 12.6. The van der Waals surface area contributed by atoms with Crippen LogP contribution in [0.3, 0.4) is 0 Å². The van der Waals surface area contributed by atoms with E-state index in [1.54, 1.807) is 5.57 Å². The van der Waals surface area contributed by atoms with Crippen LogP contribution in [-0.2, 0) is 0 Å². The first kappa shape index (κ1) is 23.0. The molecule has 5 atom stereocenters. The number of fused-ring (bicyclic) bond motifs is 1. The van der Waals surface area contributed by atoms with Crippen LogP contribution >= 0.6 is 0 Å². The van der Waals surface area contributed by atoms with Crippen LogP contribution in [0.15, 0.2) is 23.8 Å². The Morgan fingerprint density at radius 1 is 1.14 bits per heavy atom. The van der Waals surface area contributed by atoms with E-state index in [1.165, 1.54) is 57.9 Å². The Morgan fingerprint density at radius 3 is 2.62 bits per heavy atom. The molecule has 3 heteroatoms. The predicted octanol–water partition coefficient (Wildman–Crippen LogP) is 5.33. The molecule has 0 spiro atoms. The number of aliphatic hydroxyl groups is 2. The third-order valence-corrected chi connectivity index (χ3v) is 7.92. The van der Waals surface area contributed by atoms with Crippen LogP contribution in [0, 0.1) is 23.7 Å². The fourth-order valence-corrected chi connectivity index (χ4v) is 6.12. The van der Waals surface area contributed by atoms with Gasteiger partial charge in [0.1, 0.15) is 0 Å². The lowest BCUT2D eigenvalue weighted by Gasteiger charge is -2.19. The summed E-state index contributed by atoms with van der Waals surface area (Å²) in [5.41, 5.74) is 1.62. The van der Waals surface area contributed by atoms with Gasteiger partial charge in [0, 0.05) is 5.92 Å². The minimum Gasteiger partial charge on any atom is -0.392 e. The van der Waals surface area contributed by atoms with E-state index in [1.807, 2.05) is 6.08 Å². The van der Waals surface area contributed by atoms with Gasteiger partial charge in [-0.2, -0.15) is 0 Å². The zero-order valence-corrected chi connectivity index (χ0v) is 18.9. The summed E-state index contributed by atoms with van der Waals surface area (Å²) in [5.74, 6) is 2.05. The number of hydrogen-bond acceptors (Lipinski definition) is 3.